The largest absolute Gasteiger partial charge is 0.488 e. The number of rotatable bonds is 7. The Kier molecular flexibility index (Phi) is 7.35. The SMILES string of the molecule is O=C1S/C(=C\c2cc(Br)ccc2OCc2ccc([N+](=O)[O-])cc2)C(=O)N1Cc1ccccc1Cl. The van der Waals surface area contributed by atoms with Crippen molar-refractivity contribution >= 4 is 62.2 Å². The molecule has 3 aromatic rings. The molecule has 0 unspecified atom stereocenters. The van der Waals surface area contributed by atoms with Gasteiger partial charge in [0.25, 0.3) is 16.8 Å². The van der Waals surface area contributed by atoms with Gasteiger partial charge < -0.3 is 4.74 Å². The maximum atomic E-state index is 13.0. The first-order valence-corrected chi connectivity index (χ1v) is 11.9. The van der Waals surface area contributed by atoms with Crippen LogP contribution in [0.4, 0.5) is 10.5 Å². The van der Waals surface area contributed by atoms with Crippen LogP contribution < -0.4 is 4.74 Å². The Morgan fingerprint density at radius 2 is 1.82 bits per heavy atom. The topological polar surface area (TPSA) is 89.7 Å². The molecule has 7 nitrogen and oxygen atoms in total. The van der Waals surface area contributed by atoms with E-state index in [1.807, 2.05) is 0 Å². The van der Waals surface area contributed by atoms with Crippen LogP contribution in [-0.2, 0) is 17.9 Å². The molecule has 0 spiro atoms. The van der Waals surface area contributed by atoms with Gasteiger partial charge >= 0.3 is 0 Å². The Labute approximate surface area is 212 Å². The smallest absolute Gasteiger partial charge is 0.293 e. The Bertz CT molecular complexity index is 1310. The number of ether oxygens (including phenoxy) is 1. The number of nitro groups is 1. The molecule has 1 heterocycles. The molecule has 0 bridgehead atoms. The number of non-ortho nitro benzene ring substituents is 1. The third-order valence-electron chi connectivity index (χ3n) is 4.96. The van der Waals surface area contributed by atoms with Crippen molar-refractivity contribution in [3.8, 4) is 5.75 Å². The molecular formula is C24H16BrClN2O5S. The summed E-state index contributed by atoms with van der Waals surface area (Å²) in [7, 11) is 0. The minimum absolute atomic E-state index is 0.000552. The van der Waals surface area contributed by atoms with Crippen molar-refractivity contribution in [1.29, 1.82) is 0 Å². The molecule has 34 heavy (non-hydrogen) atoms. The highest BCUT2D eigenvalue weighted by Gasteiger charge is 2.35. The summed E-state index contributed by atoms with van der Waals surface area (Å²) < 4.78 is 6.69. The Hall–Kier alpha value is -3.14. The molecule has 10 heteroatoms. The molecule has 0 radical (unpaired) electrons. The van der Waals surface area contributed by atoms with Crippen LogP contribution in [0, 0.1) is 10.1 Å². The van der Waals surface area contributed by atoms with Crippen LogP contribution in [0.5, 0.6) is 5.75 Å². The summed E-state index contributed by atoms with van der Waals surface area (Å²) in [5.41, 5.74) is 2.04. The van der Waals surface area contributed by atoms with Crippen molar-refractivity contribution in [2.45, 2.75) is 13.2 Å². The zero-order valence-corrected chi connectivity index (χ0v) is 20.6. The van der Waals surface area contributed by atoms with Crippen molar-refractivity contribution in [1.82, 2.24) is 4.90 Å². The van der Waals surface area contributed by atoms with Gasteiger partial charge in [0.05, 0.1) is 16.4 Å². The number of halogens is 2. The van der Waals surface area contributed by atoms with Crippen LogP contribution in [0.1, 0.15) is 16.7 Å². The lowest BCUT2D eigenvalue weighted by Gasteiger charge is -2.13. The molecule has 0 atom stereocenters. The fourth-order valence-corrected chi connectivity index (χ4v) is 4.62. The van der Waals surface area contributed by atoms with Crippen LogP contribution >= 0.6 is 39.3 Å². The van der Waals surface area contributed by atoms with Crippen molar-refractivity contribution < 1.29 is 19.2 Å². The average Bonchev–Trinajstić information content (AvgIpc) is 3.07. The molecule has 172 valence electrons. The number of thioether (sulfide) groups is 1. The van der Waals surface area contributed by atoms with Gasteiger partial charge in [0.2, 0.25) is 0 Å². The maximum absolute atomic E-state index is 13.0. The van der Waals surface area contributed by atoms with Gasteiger partial charge in [-0.1, -0.05) is 45.7 Å². The van der Waals surface area contributed by atoms with Crippen molar-refractivity contribution in [2.75, 3.05) is 0 Å². The second-order valence-corrected chi connectivity index (χ2v) is 9.57. The minimum atomic E-state index is -0.462. The van der Waals surface area contributed by atoms with Gasteiger partial charge in [-0.05, 0) is 65.4 Å². The van der Waals surface area contributed by atoms with E-state index in [0.29, 0.717) is 21.9 Å². The highest BCUT2D eigenvalue weighted by atomic mass is 79.9. The first-order valence-electron chi connectivity index (χ1n) is 9.96. The molecule has 4 rings (SSSR count). The molecule has 1 aliphatic heterocycles. The molecular weight excluding hydrogens is 544 g/mol. The predicted octanol–water partition coefficient (Wildman–Crippen LogP) is 6.83. The average molecular weight is 560 g/mol. The summed E-state index contributed by atoms with van der Waals surface area (Å²) in [5, 5.41) is 10.9. The summed E-state index contributed by atoms with van der Waals surface area (Å²) in [5.74, 6) is 0.0932. The number of hydrogen-bond acceptors (Lipinski definition) is 6. The highest BCUT2D eigenvalue weighted by molar-refractivity contribution is 9.10. The highest BCUT2D eigenvalue weighted by Crippen LogP contribution is 2.36. The number of amides is 2. The van der Waals surface area contributed by atoms with Crippen molar-refractivity contribution in [2.24, 2.45) is 0 Å². The summed E-state index contributed by atoms with van der Waals surface area (Å²) >= 11 is 10.5. The first-order chi connectivity index (χ1) is 16.3. The molecule has 1 aliphatic rings. The number of nitro benzene ring substituents is 1. The van der Waals surface area contributed by atoms with Gasteiger partial charge in [-0.15, -0.1) is 0 Å². The maximum Gasteiger partial charge on any atom is 0.293 e. The van der Waals surface area contributed by atoms with Gasteiger partial charge in [0.1, 0.15) is 12.4 Å². The van der Waals surface area contributed by atoms with E-state index in [-0.39, 0.29) is 29.0 Å². The van der Waals surface area contributed by atoms with Crippen LogP contribution in [0.25, 0.3) is 6.08 Å². The lowest BCUT2D eigenvalue weighted by Crippen LogP contribution is -2.27. The van der Waals surface area contributed by atoms with Gasteiger partial charge in [-0.2, -0.15) is 0 Å². The Morgan fingerprint density at radius 1 is 1.09 bits per heavy atom. The molecule has 1 fully saturated rings. The molecule has 2 amide bonds. The summed E-state index contributed by atoms with van der Waals surface area (Å²) in [6.45, 7) is 0.262. The predicted molar refractivity (Wildman–Crippen MR) is 135 cm³/mol. The van der Waals surface area contributed by atoms with Gasteiger partial charge in [-0.3, -0.25) is 24.6 Å². The Balaban J connectivity index is 1.53. The van der Waals surface area contributed by atoms with Crippen LogP contribution in [0.2, 0.25) is 5.02 Å². The quantitative estimate of drug-likeness (QED) is 0.179. The standard InChI is InChI=1S/C24H16BrClN2O5S/c25-18-7-10-21(33-14-15-5-8-19(9-6-15)28(31)32)17(11-18)12-22-23(29)27(24(30)34-22)13-16-3-1-2-4-20(16)26/h1-12H,13-14H2/b22-12-. The van der Waals surface area contributed by atoms with E-state index in [1.54, 1.807) is 60.7 Å². The number of nitrogens with zero attached hydrogens (tertiary/aromatic N) is 2. The number of imide groups is 1. The number of hydrogen-bond donors (Lipinski definition) is 0. The molecule has 0 saturated carbocycles. The van der Waals surface area contributed by atoms with E-state index in [9.17, 15) is 19.7 Å². The lowest BCUT2D eigenvalue weighted by atomic mass is 10.1. The Morgan fingerprint density at radius 3 is 2.53 bits per heavy atom. The van der Waals surface area contributed by atoms with E-state index in [2.05, 4.69) is 15.9 Å². The molecule has 0 N–H and O–H groups in total. The van der Waals surface area contributed by atoms with Crippen molar-refractivity contribution in [3.05, 3.63) is 108 Å². The zero-order chi connectivity index (χ0) is 24.2. The van der Waals surface area contributed by atoms with E-state index in [1.165, 1.54) is 12.1 Å². The second-order valence-electron chi connectivity index (χ2n) is 7.25. The summed E-state index contributed by atoms with van der Waals surface area (Å²) in [6, 6.07) is 18.5. The number of benzene rings is 3. The molecule has 0 aromatic heterocycles. The molecule has 3 aromatic carbocycles. The summed E-state index contributed by atoms with van der Waals surface area (Å²) in [6.07, 6.45) is 1.62. The molecule has 1 saturated heterocycles. The fourth-order valence-electron chi connectivity index (χ4n) is 3.21. The second kappa shape index (κ2) is 10.4. The van der Waals surface area contributed by atoms with E-state index in [4.69, 9.17) is 16.3 Å². The van der Waals surface area contributed by atoms with Crippen LogP contribution in [-0.4, -0.2) is 21.0 Å². The van der Waals surface area contributed by atoms with Crippen LogP contribution in [0.15, 0.2) is 76.1 Å². The van der Waals surface area contributed by atoms with Gasteiger partial charge in [0, 0.05) is 27.2 Å². The number of carbonyl (C=O) groups excluding carboxylic acids is 2. The van der Waals surface area contributed by atoms with Crippen molar-refractivity contribution in [3.63, 3.8) is 0 Å². The zero-order valence-electron chi connectivity index (χ0n) is 17.4. The summed E-state index contributed by atoms with van der Waals surface area (Å²) in [4.78, 5) is 37.3. The van der Waals surface area contributed by atoms with E-state index >= 15 is 0 Å². The normalized spacial score (nSPS) is 14.6. The van der Waals surface area contributed by atoms with Crippen LogP contribution in [0.3, 0.4) is 0 Å². The monoisotopic (exact) mass is 558 g/mol. The van der Waals surface area contributed by atoms with Gasteiger partial charge in [0.15, 0.2) is 0 Å². The lowest BCUT2D eigenvalue weighted by molar-refractivity contribution is -0.384. The van der Waals surface area contributed by atoms with E-state index < -0.39 is 10.8 Å². The van der Waals surface area contributed by atoms with Gasteiger partial charge in [-0.25, -0.2) is 0 Å². The third-order valence-corrected chi connectivity index (χ3v) is 6.73. The molecule has 0 aliphatic carbocycles. The fraction of sp³-hybridized carbons (Fsp3) is 0.0833. The number of carbonyl (C=O) groups is 2. The van der Waals surface area contributed by atoms with E-state index in [0.717, 1.165) is 26.7 Å². The first kappa shape index (κ1) is 24.0. The third kappa shape index (κ3) is 5.49. The minimum Gasteiger partial charge on any atom is -0.488 e.